The summed E-state index contributed by atoms with van der Waals surface area (Å²) in [6.45, 7) is 0. The molecule has 0 aliphatic rings. The van der Waals surface area contributed by atoms with Gasteiger partial charge in [-0.15, -0.1) is 11.3 Å². The van der Waals surface area contributed by atoms with Crippen molar-refractivity contribution in [3.63, 3.8) is 0 Å². The molecular formula is C23H16N4O6S. The normalized spacial score (nSPS) is 11.1. The van der Waals surface area contributed by atoms with Crippen molar-refractivity contribution in [1.82, 2.24) is 4.98 Å². The molecule has 34 heavy (non-hydrogen) atoms. The zero-order valence-corrected chi connectivity index (χ0v) is 18.7. The molecule has 0 amide bonds. The number of allylic oxidation sites excluding steroid dienone is 1. The number of nitriles is 1. The van der Waals surface area contributed by atoms with Crippen molar-refractivity contribution in [2.75, 3.05) is 19.5 Å². The molecule has 0 aliphatic carbocycles. The van der Waals surface area contributed by atoms with Crippen LogP contribution in [0.5, 0.6) is 11.5 Å². The number of nitro groups is 1. The minimum Gasteiger partial charge on any atom is -0.497 e. The molecule has 4 aromatic rings. The summed E-state index contributed by atoms with van der Waals surface area (Å²) in [6, 6.07) is 12.7. The molecule has 0 bridgehead atoms. The molecule has 0 fully saturated rings. The Kier molecular flexibility index (Phi) is 6.24. The van der Waals surface area contributed by atoms with E-state index in [4.69, 9.17) is 13.9 Å². The third-order valence-electron chi connectivity index (χ3n) is 4.84. The van der Waals surface area contributed by atoms with Crippen LogP contribution in [0.4, 0.5) is 11.4 Å². The van der Waals surface area contributed by atoms with Gasteiger partial charge < -0.3 is 19.2 Å². The minimum atomic E-state index is -0.637. The first kappa shape index (κ1) is 22.5. The van der Waals surface area contributed by atoms with E-state index in [9.17, 15) is 20.2 Å². The summed E-state index contributed by atoms with van der Waals surface area (Å²) in [4.78, 5) is 27.4. The number of fused-ring (bicyclic) bond motifs is 1. The molecule has 2 aromatic heterocycles. The zero-order chi connectivity index (χ0) is 24.2. The van der Waals surface area contributed by atoms with Gasteiger partial charge in [-0.05, 0) is 24.3 Å². The van der Waals surface area contributed by atoms with Crippen LogP contribution in [0.25, 0.3) is 27.8 Å². The molecule has 170 valence electrons. The molecular weight excluding hydrogens is 460 g/mol. The molecule has 0 aliphatic heterocycles. The van der Waals surface area contributed by atoms with Crippen LogP contribution in [0.3, 0.4) is 0 Å². The lowest BCUT2D eigenvalue weighted by molar-refractivity contribution is -0.384. The molecule has 4 rings (SSSR count). The Bertz CT molecular complexity index is 1530. The van der Waals surface area contributed by atoms with Gasteiger partial charge in [0, 0.05) is 35.2 Å². The van der Waals surface area contributed by atoms with Crippen molar-refractivity contribution in [2.45, 2.75) is 0 Å². The number of non-ortho nitro benzene ring substituents is 1. The maximum Gasteiger partial charge on any atom is 0.345 e. The highest BCUT2D eigenvalue weighted by Gasteiger charge is 2.16. The van der Waals surface area contributed by atoms with E-state index >= 15 is 0 Å². The Morgan fingerprint density at radius 1 is 1.24 bits per heavy atom. The zero-order valence-electron chi connectivity index (χ0n) is 17.9. The Balaban J connectivity index is 1.66. The second kappa shape index (κ2) is 9.43. The van der Waals surface area contributed by atoms with E-state index in [-0.39, 0.29) is 22.4 Å². The lowest BCUT2D eigenvalue weighted by Crippen LogP contribution is -2.03. The average Bonchev–Trinajstić information content (AvgIpc) is 3.33. The molecule has 1 N–H and O–H groups in total. The molecule has 10 nitrogen and oxygen atoms in total. The van der Waals surface area contributed by atoms with Gasteiger partial charge in [0.05, 0.1) is 36.1 Å². The van der Waals surface area contributed by atoms with E-state index in [0.29, 0.717) is 33.3 Å². The molecule has 0 atom stereocenters. The number of thiazole rings is 1. The highest BCUT2D eigenvalue weighted by atomic mass is 32.1. The van der Waals surface area contributed by atoms with Gasteiger partial charge in [0.25, 0.3) is 5.69 Å². The van der Waals surface area contributed by atoms with Gasteiger partial charge in [0.2, 0.25) is 0 Å². The van der Waals surface area contributed by atoms with Crippen LogP contribution >= 0.6 is 11.3 Å². The van der Waals surface area contributed by atoms with Crippen molar-refractivity contribution in [1.29, 1.82) is 5.26 Å². The number of rotatable bonds is 7. The largest absolute Gasteiger partial charge is 0.497 e. The number of ether oxygens (including phenoxy) is 2. The van der Waals surface area contributed by atoms with E-state index < -0.39 is 10.5 Å². The number of nitrogens with zero attached hydrogens (tertiary/aromatic N) is 3. The topological polar surface area (TPSA) is 141 Å². The van der Waals surface area contributed by atoms with Crippen LogP contribution in [0.15, 0.2) is 63.3 Å². The van der Waals surface area contributed by atoms with Crippen molar-refractivity contribution in [3.05, 3.63) is 79.6 Å². The molecule has 0 spiro atoms. The fourth-order valence-corrected chi connectivity index (χ4v) is 3.92. The lowest BCUT2D eigenvalue weighted by atomic mass is 10.1. The molecule has 0 radical (unpaired) electrons. The molecule has 0 unspecified atom stereocenters. The number of benzene rings is 2. The Morgan fingerprint density at radius 2 is 2.06 bits per heavy atom. The van der Waals surface area contributed by atoms with Crippen molar-refractivity contribution in [2.24, 2.45) is 0 Å². The van der Waals surface area contributed by atoms with Crippen LogP contribution < -0.4 is 20.4 Å². The number of nitro benzene ring substituents is 1. The lowest BCUT2D eigenvalue weighted by Gasteiger charge is -2.10. The molecule has 11 heteroatoms. The van der Waals surface area contributed by atoms with Gasteiger partial charge >= 0.3 is 5.63 Å². The molecule has 2 aromatic carbocycles. The van der Waals surface area contributed by atoms with Crippen molar-refractivity contribution < 1.29 is 18.8 Å². The van der Waals surface area contributed by atoms with Gasteiger partial charge in [-0.3, -0.25) is 10.1 Å². The Morgan fingerprint density at radius 3 is 2.76 bits per heavy atom. The minimum absolute atomic E-state index is 0.124. The van der Waals surface area contributed by atoms with E-state index in [1.165, 1.54) is 48.9 Å². The number of anilines is 1. The maximum absolute atomic E-state index is 12.5. The SMILES string of the molecule is COc1ccc(NC=C(C#N)c2nc(-c3cc4cc([N+](=O)[O-])ccc4oc3=O)cs2)c(OC)c1. The number of hydrogen-bond donors (Lipinski definition) is 1. The molecule has 0 saturated heterocycles. The van der Waals surface area contributed by atoms with E-state index in [0.717, 1.165) is 0 Å². The van der Waals surface area contributed by atoms with Gasteiger partial charge in [-0.2, -0.15) is 5.26 Å². The molecule has 2 heterocycles. The van der Waals surface area contributed by atoms with Gasteiger partial charge in [0.1, 0.15) is 33.7 Å². The standard InChI is InChI=1S/C23H16N4O6S/c1-31-16-4-5-18(21(9-16)32-2)25-11-14(10-24)22-26-19(12-34-22)17-8-13-7-15(27(29)30)3-6-20(13)33-23(17)28/h3-9,11-12,25H,1-2H3. The van der Waals surface area contributed by atoms with E-state index in [2.05, 4.69) is 16.4 Å². The number of hydrogen-bond acceptors (Lipinski definition) is 10. The predicted molar refractivity (Wildman–Crippen MR) is 127 cm³/mol. The Labute approximate surface area is 196 Å². The quantitative estimate of drug-likeness (QED) is 0.172. The van der Waals surface area contributed by atoms with Crippen LogP contribution in [0.1, 0.15) is 5.01 Å². The second-order valence-electron chi connectivity index (χ2n) is 6.85. The summed E-state index contributed by atoms with van der Waals surface area (Å²) in [5, 5.41) is 26.1. The predicted octanol–water partition coefficient (Wildman–Crippen LogP) is 4.82. The first-order valence-electron chi connectivity index (χ1n) is 9.71. The summed E-state index contributed by atoms with van der Waals surface area (Å²) in [5.41, 5.74) is 0.746. The maximum atomic E-state index is 12.5. The number of nitrogens with one attached hydrogen (secondary N) is 1. The monoisotopic (exact) mass is 476 g/mol. The fourth-order valence-electron chi connectivity index (χ4n) is 3.13. The summed E-state index contributed by atoms with van der Waals surface area (Å²) in [7, 11) is 3.07. The van der Waals surface area contributed by atoms with Crippen molar-refractivity contribution >= 4 is 39.3 Å². The Hall–Kier alpha value is -4.69. The van der Waals surface area contributed by atoms with Crippen LogP contribution in [0, 0.1) is 21.4 Å². The van der Waals surface area contributed by atoms with E-state index in [1.807, 2.05) is 0 Å². The first-order chi connectivity index (χ1) is 16.4. The third kappa shape index (κ3) is 4.43. The van der Waals surface area contributed by atoms with Crippen molar-refractivity contribution in [3.8, 4) is 28.8 Å². The number of aromatic nitrogens is 1. The highest BCUT2D eigenvalue weighted by Crippen LogP contribution is 2.31. The third-order valence-corrected chi connectivity index (χ3v) is 5.71. The summed E-state index contributed by atoms with van der Waals surface area (Å²) >= 11 is 1.17. The number of methoxy groups -OCH3 is 2. The van der Waals surface area contributed by atoms with Gasteiger partial charge in [-0.25, -0.2) is 9.78 Å². The average molecular weight is 476 g/mol. The van der Waals surface area contributed by atoms with Crippen LogP contribution in [0.2, 0.25) is 0 Å². The fraction of sp³-hybridized carbons (Fsp3) is 0.0870. The van der Waals surface area contributed by atoms with Crippen LogP contribution in [-0.2, 0) is 0 Å². The molecule has 0 saturated carbocycles. The van der Waals surface area contributed by atoms with E-state index in [1.54, 1.807) is 30.7 Å². The summed E-state index contributed by atoms with van der Waals surface area (Å²) < 4.78 is 15.8. The van der Waals surface area contributed by atoms with Crippen LogP contribution in [-0.4, -0.2) is 24.1 Å². The summed E-state index contributed by atoms with van der Waals surface area (Å²) in [6.07, 6.45) is 1.49. The smallest absolute Gasteiger partial charge is 0.345 e. The van der Waals surface area contributed by atoms with Gasteiger partial charge in [-0.1, -0.05) is 0 Å². The highest BCUT2D eigenvalue weighted by molar-refractivity contribution is 7.11. The first-order valence-corrected chi connectivity index (χ1v) is 10.6. The van der Waals surface area contributed by atoms with Gasteiger partial charge in [0.15, 0.2) is 0 Å². The second-order valence-corrected chi connectivity index (χ2v) is 7.70. The summed E-state index contributed by atoms with van der Waals surface area (Å²) in [5.74, 6) is 1.14.